The smallest absolute Gasteiger partial charge is 0.325 e. The third-order valence-corrected chi connectivity index (χ3v) is 4.55. The van der Waals surface area contributed by atoms with Gasteiger partial charge in [-0.3, -0.25) is 14.4 Å². The summed E-state index contributed by atoms with van der Waals surface area (Å²) in [4.78, 5) is 36.4. The van der Waals surface area contributed by atoms with Crippen molar-refractivity contribution in [3.8, 4) is 0 Å². The van der Waals surface area contributed by atoms with Gasteiger partial charge in [0.25, 0.3) is 0 Å². The molecule has 2 rings (SSSR count). The highest BCUT2D eigenvalue weighted by atomic mass is 16.2. The summed E-state index contributed by atoms with van der Waals surface area (Å²) in [6.07, 6.45) is -0.00829. The van der Waals surface area contributed by atoms with Crippen LogP contribution in [0, 0.1) is 34.6 Å². The fourth-order valence-corrected chi connectivity index (χ4v) is 3.08. The van der Waals surface area contributed by atoms with Crippen molar-refractivity contribution in [2.24, 2.45) is 5.10 Å². The zero-order valence-corrected chi connectivity index (χ0v) is 18.3. The molecule has 2 aromatic carbocycles. The van der Waals surface area contributed by atoms with Gasteiger partial charge in [0.1, 0.15) is 0 Å². The van der Waals surface area contributed by atoms with Gasteiger partial charge in [0.05, 0.1) is 6.42 Å². The highest BCUT2D eigenvalue weighted by Gasteiger charge is 2.15. The maximum absolute atomic E-state index is 12.3. The summed E-state index contributed by atoms with van der Waals surface area (Å²) in [5.74, 6) is -1.98. The number of benzene rings is 2. The molecule has 0 spiro atoms. The van der Waals surface area contributed by atoms with Crippen molar-refractivity contribution in [3.63, 3.8) is 0 Å². The van der Waals surface area contributed by atoms with Gasteiger partial charge >= 0.3 is 11.8 Å². The normalized spacial score (nSPS) is 11.1. The van der Waals surface area contributed by atoms with Crippen molar-refractivity contribution < 1.29 is 14.4 Å². The van der Waals surface area contributed by atoms with Crippen LogP contribution in [0.5, 0.6) is 0 Å². The molecule has 0 radical (unpaired) electrons. The maximum atomic E-state index is 12.3. The number of nitrogens with one attached hydrogen (secondary N) is 3. The van der Waals surface area contributed by atoms with Crippen LogP contribution in [0.2, 0.25) is 0 Å². The number of anilines is 2. The molecule has 0 saturated carbocycles. The Bertz CT molecular complexity index is 1000. The first-order valence-corrected chi connectivity index (χ1v) is 9.66. The van der Waals surface area contributed by atoms with E-state index in [1.54, 1.807) is 13.0 Å². The third-order valence-electron chi connectivity index (χ3n) is 4.55. The molecule has 2 aromatic rings. The van der Waals surface area contributed by atoms with E-state index in [4.69, 9.17) is 0 Å². The summed E-state index contributed by atoms with van der Waals surface area (Å²) < 4.78 is 0. The summed E-state index contributed by atoms with van der Waals surface area (Å²) >= 11 is 0. The van der Waals surface area contributed by atoms with Gasteiger partial charge in [-0.1, -0.05) is 29.8 Å². The van der Waals surface area contributed by atoms with Crippen molar-refractivity contribution in [3.05, 3.63) is 58.1 Å². The van der Waals surface area contributed by atoms with E-state index >= 15 is 0 Å². The molecule has 30 heavy (non-hydrogen) atoms. The fraction of sp³-hybridized carbons (Fsp3) is 0.304. The lowest BCUT2D eigenvalue weighted by Crippen LogP contribution is -2.33. The van der Waals surface area contributed by atoms with Crippen molar-refractivity contribution in [2.45, 2.75) is 48.0 Å². The molecule has 0 aliphatic carbocycles. The van der Waals surface area contributed by atoms with Crippen molar-refractivity contribution >= 4 is 34.8 Å². The molecular formula is C23H28N4O3. The van der Waals surface area contributed by atoms with Crippen molar-refractivity contribution in [2.75, 3.05) is 10.6 Å². The van der Waals surface area contributed by atoms with E-state index in [0.29, 0.717) is 11.4 Å². The van der Waals surface area contributed by atoms with Gasteiger partial charge in [-0.25, -0.2) is 5.43 Å². The first-order valence-electron chi connectivity index (χ1n) is 9.66. The zero-order valence-electron chi connectivity index (χ0n) is 18.3. The number of rotatable bonds is 5. The van der Waals surface area contributed by atoms with Crippen LogP contribution in [-0.2, 0) is 14.4 Å². The van der Waals surface area contributed by atoms with E-state index in [2.05, 4.69) is 21.2 Å². The second kappa shape index (κ2) is 9.82. The second-order valence-electron chi connectivity index (χ2n) is 7.56. The van der Waals surface area contributed by atoms with Gasteiger partial charge in [0.15, 0.2) is 0 Å². The van der Waals surface area contributed by atoms with Crippen LogP contribution >= 0.6 is 0 Å². The van der Waals surface area contributed by atoms with Crippen LogP contribution in [-0.4, -0.2) is 23.4 Å². The lowest BCUT2D eigenvalue weighted by molar-refractivity contribution is -0.136. The summed E-state index contributed by atoms with van der Waals surface area (Å²) in [5.41, 5.74) is 8.81. The minimum Gasteiger partial charge on any atom is -0.325 e. The number of hydrogen-bond donors (Lipinski definition) is 3. The fourth-order valence-electron chi connectivity index (χ4n) is 3.08. The Balaban J connectivity index is 1.92. The summed E-state index contributed by atoms with van der Waals surface area (Å²) in [6.45, 7) is 11.2. The highest BCUT2D eigenvalue weighted by molar-refractivity contribution is 6.39. The van der Waals surface area contributed by atoms with Gasteiger partial charge < -0.3 is 10.6 Å². The van der Waals surface area contributed by atoms with Crippen molar-refractivity contribution in [1.29, 1.82) is 0 Å². The van der Waals surface area contributed by atoms with Gasteiger partial charge in [-0.2, -0.15) is 5.10 Å². The molecule has 0 aromatic heterocycles. The van der Waals surface area contributed by atoms with Crippen LogP contribution < -0.4 is 16.1 Å². The van der Waals surface area contributed by atoms with Gasteiger partial charge in [-0.15, -0.1) is 0 Å². The van der Waals surface area contributed by atoms with Crippen LogP contribution in [0.4, 0.5) is 11.4 Å². The lowest BCUT2D eigenvalue weighted by atomic mass is 10.0. The largest absolute Gasteiger partial charge is 0.329 e. The Hall–Kier alpha value is -3.48. The predicted octanol–water partition coefficient (Wildman–Crippen LogP) is 3.69. The highest BCUT2D eigenvalue weighted by Crippen LogP contribution is 2.22. The predicted molar refractivity (Wildman–Crippen MR) is 120 cm³/mol. The van der Waals surface area contributed by atoms with E-state index < -0.39 is 11.8 Å². The number of carbonyl (C=O) groups excluding carboxylic acids is 3. The van der Waals surface area contributed by atoms with Crippen LogP contribution in [0.1, 0.15) is 41.2 Å². The summed E-state index contributed by atoms with van der Waals surface area (Å²) in [5, 5.41) is 9.31. The van der Waals surface area contributed by atoms with E-state index in [1.165, 1.54) is 0 Å². The number of aryl methyl sites for hydroxylation is 5. The van der Waals surface area contributed by atoms with E-state index in [1.807, 2.05) is 58.9 Å². The molecule has 158 valence electrons. The topological polar surface area (TPSA) is 99.7 Å². The summed E-state index contributed by atoms with van der Waals surface area (Å²) in [7, 11) is 0. The Morgan fingerprint density at radius 3 is 2.07 bits per heavy atom. The lowest BCUT2D eigenvalue weighted by Gasteiger charge is -2.13. The average Bonchev–Trinajstić information content (AvgIpc) is 2.65. The Morgan fingerprint density at radius 2 is 1.43 bits per heavy atom. The van der Waals surface area contributed by atoms with Crippen LogP contribution in [0.15, 0.2) is 35.4 Å². The molecule has 0 saturated heterocycles. The van der Waals surface area contributed by atoms with Gasteiger partial charge in [0.2, 0.25) is 5.91 Å². The number of amides is 3. The van der Waals surface area contributed by atoms with Gasteiger partial charge in [0, 0.05) is 17.1 Å². The van der Waals surface area contributed by atoms with E-state index in [-0.39, 0.29) is 12.3 Å². The maximum Gasteiger partial charge on any atom is 0.329 e. The molecule has 0 atom stereocenters. The third kappa shape index (κ3) is 6.27. The molecule has 7 nitrogen and oxygen atoms in total. The minimum absolute atomic E-state index is 0.00829. The van der Waals surface area contributed by atoms with E-state index in [9.17, 15) is 14.4 Å². The molecule has 0 bridgehead atoms. The average molecular weight is 409 g/mol. The monoisotopic (exact) mass is 408 g/mol. The van der Waals surface area contributed by atoms with E-state index in [0.717, 1.165) is 33.5 Å². The molecule has 3 amide bonds. The summed E-state index contributed by atoms with van der Waals surface area (Å²) in [6, 6.07) is 9.57. The minimum atomic E-state index is -0.902. The first-order chi connectivity index (χ1) is 14.1. The molecular weight excluding hydrogens is 380 g/mol. The SMILES string of the molecule is CC(CC(=O)Nc1c(C)cc(C)cc1C)=NNC(=O)C(=O)Nc1cc(C)ccc1C. The standard InChI is InChI=1S/C23H28N4O3/c1-13-7-8-15(3)19(11-13)24-22(29)23(30)27-26-18(6)12-20(28)25-21-16(4)9-14(2)10-17(21)5/h7-11H,12H2,1-6H3,(H,24,29)(H,25,28)(H,27,30). The van der Waals surface area contributed by atoms with Crippen LogP contribution in [0.3, 0.4) is 0 Å². The second-order valence-corrected chi connectivity index (χ2v) is 7.56. The number of carbonyl (C=O) groups is 3. The number of hydrogen-bond acceptors (Lipinski definition) is 4. The quantitative estimate of drug-likeness (QED) is 0.400. The molecule has 3 N–H and O–H groups in total. The number of nitrogens with zero attached hydrogens (tertiary/aromatic N) is 1. The molecule has 0 aliphatic rings. The Labute approximate surface area is 177 Å². The van der Waals surface area contributed by atoms with Crippen LogP contribution in [0.25, 0.3) is 0 Å². The molecule has 0 unspecified atom stereocenters. The molecule has 0 heterocycles. The zero-order chi connectivity index (χ0) is 22.4. The van der Waals surface area contributed by atoms with Gasteiger partial charge in [-0.05, 0) is 69.9 Å². The molecule has 7 heteroatoms. The number of hydrazone groups is 1. The first kappa shape index (κ1) is 22.8. The Morgan fingerprint density at radius 1 is 0.800 bits per heavy atom. The molecule has 0 aliphatic heterocycles. The van der Waals surface area contributed by atoms with Crippen molar-refractivity contribution in [1.82, 2.24) is 5.43 Å². The molecule has 0 fully saturated rings. The Kier molecular flexibility index (Phi) is 7.47.